The summed E-state index contributed by atoms with van der Waals surface area (Å²) in [6.45, 7) is 22.1. The number of carbonyl (C=O) groups is 4. The number of amides is 3. The van der Waals surface area contributed by atoms with E-state index in [0.29, 0.717) is 60.6 Å². The van der Waals surface area contributed by atoms with Crippen molar-refractivity contribution in [3.05, 3.63) is 129 Å². The fourth-order valence-corrected chi connectivity index (χ4v) is 10.2. The summed E-state index contributed by atoms with van der Waals surface area (Å²) in [6.07, 6.45) is 3.40. The predicted octanol–water partition coefficient (Wildman–Crippen LogP) is 13.2. The number of hydrogen-bond donors (Lipinski definition) is 1. The summed E-state index contributed by atoms with van der Waals surface area (Å²) in [5.74, 6) is -0.0399. The molecule has 0 aliphatic carbocycles. The van der Waals surface area contributed by atoms with Crippen LogP contribution in [-0.2, 0) is 20.3 Å². The minimum absolute atomic E-state index is 0.00615. The Balaban J connectivity index is 0.000000210. The summed E-state index contributed by atoms with van der Waals surface area (Å²) >= 11 is 21.3. The number of piperazine rings is 2. The molecule has 6 aromatic rings. The highest BCUT2D eigenvalue weighted by Gasteiger charge is 2.27. The zero-order valence-corrected chi connectivity index (χ0v) is 45.3. The van der Waals surface area contributed by atoms with Gasteiger partial charge in [-0.15, -0.1) is 22.7 Å². The molecular weight excluding hydrogens is 999 g/mol. The van der Waals surface area contributed by atoms with Crippen LogP contribution >= 0.6 is 57.5 Å². The van der Waals surface area contributed by atoms with Gasteiger partial charge in [-0.1, -0.05) is 76.9 Å². The van der Waals surface area contributed by atoms with E-state index in [1.807, 2.05) is 53.7 Å². The van der Waals surface area contributed by atoms with Crippen molar-refractivity contribution in [2.75, 3.05) is 65.6 Å². The number of nitrogens with zero attached hydrogens (tertiary/aromatic N) is 5. The van der Waals surface area contributed by atoms with Gasteiger partial charge >= 0.3 is 11.5 Å². The predicted molar refractivity (Wildman–Crippen MR) is 290 cm³/mol. The van der Waals surface area contributed by atoms with Gasteiger partial charge in [0.05, 0.1) is 13.2 Å². The first-order valence-corrected chi connectivity index (χ1v) is 26.4. The van der Waals surface area contributed by atoms with Crippen LogP contribution in [0.2, 0.25) is 10.0 Å². The molecule has 12 nitrogen and oxygen atoms in total. The van der Waals surface area contributed by atoms with E-state index in [4.69, 9.17) is 39.5 Å². The standard InChI is InChI=1S/C27H30ClN3O3S.C24H26ClN3OS.C3H5ClO2/c1-5-34-26(33)31-12-10-30(11-13-31)25(32)19-6-7-21(22(28)14-19)20-15-23(35-17-20)18-8-9-29-24(16-18)27(2,3)4;1-24(2,3)22-14-16(6-7-27-22)21-13-18(15-30-21)19-5-4-17(12-20(19)25)23(29)28-10-8-26-9-11-28;1-2-6-3(4)5/h6-9,14-17H,5,10-13H2,1-4H3;4-7,12-15,26H,8-11H2,1-3H3;2H2,1H3. The number of carbonyl (C=O) groups excluding carboxylic acids is 4. The first-order chi connectivity index (χ1) is 33.8. The third-order valence-electron chi connectivity index (χ3n) is 11.6. The fourth-order valence-electron chi connectivity index (χ4n) is 7.66. The Hall–Kier alpha value is -5.35. The number of aromatic nitrogens is 2. The number of ether oxygens (including phenoxy) is 2. The maximum atomic E-state index is 13.0. The zero-order chi connectivity index (χ0) is 51.5. The largest absolute Gasteiger partial charge is 0.454 e. The van der Waals surface area contributed by atoms with Crippen molar-refractivity contribution in [2.24, 2.45) is 0 Å². The summed E-state index contributed by atoms with van der Waals surface area (Å²) in [5.41, 5.74) is 8.77. The van der Waals surface area contributed by atoms with Crippen LogP contribution in [0.15, 0.2) is 96.0 Å². The molecule has 3 amide bonds. The van der Waals surface area contributed by atoms with Crippen molar-refractivity contribution < 1.29 is 28.7 Å². The summed E-state index contributed by atoms with van der Waals surface area (Å²) in [4.78, 5) is 63.9. The van der Waals surface area contributed by atoms with E-state index in [1.54, 1.807) is 58.5 Å². The van der Waals surface area contributed by atoms with Crippen LogP contribution in [0, 0.1) is 0 Å². The van der Waals surface area contributed by atoms with Crippen LogP contribution < -0.4 is 5.32 Å². The van der Waals surface area contributed by atoms with Gasteiger partial charge in [0.2, 0.25) is 0 Å². The molecule has 71 heavy (non-hydrogen) atoms. The quantitative estimate of drug-likeness (QED) is 0.148. The van der Waals surface area contributed by atoms with Crippen molar-refractivity contribution in [1.29, 1.82) is 0 Å². The van der Waals surface area contributed by atoms with Crippen molar-refractivity contribution in [2.45, 2.75) is 66.2 Å². The van der Waals surface area contributed by atoms with Crippen molar-refractivity contribution in [1.82, 2.24) is 30.0 Å². The van der Waals surface area contributed by atoms with E-state index < -0.39 is 5.43 Å². The Morgan fingerprint density at radius 2 is 1.00 bits per heavy atom. The lowest BCUT2D eigenvalue weighted by Crippen LogP contribution is -2.50. The van der Waals surface area contributed by atoms with Crippen molar-refractivity contribution in [3.63, 3.8) is 0 Å². The van der Waals surface area contributed by atoms with Gasteiger partial charge in [-0.3, -0.25) is 19.6 Å². The lowest BCUT2D eigenvalue weighted by atomic mass is 9.90. The highest BCUT2D eigenvalue weighted by atomic mass is 35.5. The van der Waals surface area contributed by atoms with Crippen LogP contribution in [0.1, 0.15) is 87.5 Å². The molecule has 376 valence electrons. The second-order valence-electron chi connectivity index (χ2n) is 18.8. The van der Waals surface area contributed by atoms with Gasteiger partial charge in [-0.2, -0.15) is 0 Å². The lowest BCUT2D eigenvalue weighted by molar-refractivity contribution is 0.0570. The van der Waals surface area contributed by atoms with E-state index in [1.165, 1.54) is 4.88 Å². The lowest BCUT2D eigenvalue weighted by Gasteiger charge is -2.34. The first kappa shape index (κ1) is 55.0. The summed E-state index contributed by atoms with van der Waals surface area (Å²) < 4.78 is 9.22. The van der Waals surface area contributed by atoms with Gasteiger partial charge in [0.15, 0.2) is 0 Å². The maximum absolute atomic E-state index is 13.0. The molecule has 2 aromatic carbocycles. The molecule has 2 saturated heterocycles. The number of halogens is 3. The second kappa shape index (κ2) is 24.9. The molecule has 0 spiro atoms. The average Bonchev–Trinajstić information content (AvgIpc) is 4.06. The molecule has 2 aliphatic rings. The maximum Gasteiger partial charge on any atom is 0.409 e. The van der Waals surface area contributed by atoms with Crippen LogP contribution in [-0.4, -0.2) is 114 Å². The van der Waals surface area contributed by atoms with Gasteiger partial charge < -0.3 is 29.5 Å². The Kier molecular flexibility index (Phi) is 19.2. The van der Waals surface area contributed by atoms with E-state index in [2.05, 4.69) is 96.6 Å². The molecule has 0 radical (unpaired) electrons. The number of thiophene rings is 2. The van der Waals surface area contributed by atoms with E-state index >= 15 is 0 Å². The molecule has 0 bridgehead atoms. The molecule has 0 atom stereocenters. The number of hydrogen-bond acceptors (Lipinski definition) is 11. The Bertz CT molecular complexity index is 2810. The van der Waals surface area contributed by atoms with Crippen LogP contribution in [0.25, 0.3) is 43.1 Å². The normalized spacial score (nSPS) is 13.9. The summed E-state index contributed by atoms with van der Waals surface area (Å²) in [7, 11) is 0. The smallest absolute Gasteiger partial charge is 0.409 e. The van der Waals surface area contributed by atoms with E-state index in [9.17, 15) is 19.2 Å². The molecule has 8 rings (SSSR count). The van der Waals surface area contributed by atoms with Crippen molar-refractivity contribution >= 4 is 80.8 Å². The van der Waals surface area contributed by atoms with Gasteiger partial charge in [-0.25, -0.2) is 9.59 Å². The van der Waals surface area contributed by atoms with Crippen LogP contribution in [0.5, 0.6) is 0 Å². The van der Waals surface area contributed by atoms with Crippen LogP contribution in [0.4, 0.5) is 9.59 Å². The highest BCUT2D eigenvalue weighted by Crippen LogP contribution is 2.39. The Morgan fingerprint density at radius 3 is 1.38 bits per heavy atom. The number of benzene rings is 2. The van der Waals surface area contributed by atoms with Gasteiger partial charge in [0.1, 0.15) is 0 Å². The zero-order valence-electron chi connectivity index (χ0n) is 41.4. The van der Waals surface area contributed by atoms with Gasteiger partial charge in [0, 0.05) is 141 Å². The van der Waals surface area contributed by atoms with Gasteiger partial charge in [0.25, 0.3) is 11.8 Å². The third-order valence-corrected chi connectivity index (χ3v) is 14.3. The molecule has 4 aromatic heterocycles. The monoisotopic (exact) mass is 1060 g/mol. The Morgan fingerprint density at radius 1 is 0.577 bits per heavy atom. The van der Waals surface area contributed by atoms with Crippen LogP contribution in [0.3, 0.4) is 0 Å². The topological polar surface area (TPSA) is 134 Å². The average molecular weight is 1060 g/mol. The molecular formula is C54H61Cl3N6O6S2. The number of rotatable bonds is 8. The molecule has 1 N–H and O–H groups in total. The molecule has 0 unspecified atom stereocenters. The molecule has 2 fully saturated rings. The highest BCUT2D eigenvalue weighted by molar-refractivity contribution is 7.14. The summed E-state index contributed by atoms with van der Waals surface area (Å²) in [6, 6.07) is 23.7. The number of nitrogens with one attached hydrogen (secondary N) is 1. The first-order valence-electron chi connectivity index (χ1n) is 23.5. The third kappa shape index (κ3) is 14.9. The Labute approximate surface area is 440 Å². The number of pyridine rings is 2. The minimum atomic E-state index is -0.738. The van der Waals surface area contributed by atoms with E-state index in [0.717, 1.165) is 75.8 Å². The van der Waals surface area contributed by atoms with Gasteiger partial charge in [-0.05, 0) is 108 Å². The minimum Gasteiger partial charge on any atom is -0.454 e. The SMILES string of the molecule is CC(C)(C)c1cc(-c2cc(-c3ccc(C(=O)N4CCNCC4)cc3Cl)cs2)ccn1.CCOC(=O)Cl.CCOC(=O)N1CCN(C(=O)c2ccc(-c3csc(-c4ccnc(C(C)(C)C)c4)c3)c(Cl)c2)CC1. The van der Waals surface area contributed by atoms with E-state index in [-0.39, 0.29) is 28.7 Å². The molecule has 6 heterocycles. The molecule has 2 aliphatic heterocycles. The second-order valence-corrected chi connectivity index (χ2v) is 21.8. The molecule has 0 saturated carbocycles. The fraction of sp³-hybridized carbons (Fsp3) is 0.370. The van der Waals surface area contributed by atoms with Crippen molar-refractivity contribution in [3.8, 4) is 43.1 Å². The summed E-state index contributed by atoms with van der Waals surface area (Å²) in [5, 5.41) is 8.61. The molecule has 17 heteroatoms.